The number of aryl methyl sites for hydroxylation is 1. The van der Waals surface area contributed by atoms with E-state index in [0.29, 0.717) is 5.69 Å². The fourth-order valence-corrected chi connectivity index (χ4v) is 1.39. The summed E-state index contributed by atoms with van der Waals surface area (Å²) in [5, 5.41) is 2.67. The number of hydrogen-bond donors (Lipinski definition) is 1. The molecule has 0 fully saturated rings. The molecule has 1 amide bonds. The number of carbonyl (C=O) groups excluding carboxylic acids is 2. The number of hydrogen-bond acceptors (Lipinski definition) is 3. The van der Waals surface area contributed by atoms with Gasteiger partial charge in [0.2, 0.25) is 0 Å². The van der Waals surface area contributed by atoms with Crippen LogP contribution in [0.1, 0.15) is 30.8 Å². The molecule has 0 atom stereocenters. The van der Waals surface area contributed by atoms with Crippen LogP contribution in [0.5, 0.6) is 0 Å². The van der Waals surface area contributed by atoms with Crippen LogP contribution in [0.2, 0.25) is 0 Å². The molecule has 0 aromatic carbocycles. The zero-order valence-corrected chi connectivity index (χ0v) is 10.4. The SMILES string of the molecule is CC(C)OC(=O)CCNC(=O)c1cccn1C. The van der Waals surface area contributed by atoms with Crippen molar-refractivity contribution in [2.75, 3.05) is 6.54 Å². The van der Waals surface area contributed by atoms with Gasteiger partial charge in [0, 0.05) is 19.8 Å². The van der Waals surface area contributed by atoms with E-state index in [0.717, 1.165) is 0 Å². The summed E-state index contributed by atoms with van der Waals surface area (Å²) in [5.41, 5.74) is 0.572. The molecule has 5 heteroatoms. The smallest absolute Gasteiger partial charge is 0.307 e. The van der Waals surface area contributed by atoms with Gasteiger partial charge in [-0.3, -0.25) is 9.59 Å². The van der Waals surface area contributed by atoms with E-state index in [9.17, 15) is 9.59 Å². The van der Waals surface area contributed by atoms with Gasteiger partial charge in [-0.15, -0.1) is 0 Å². The Kier molecular flexibility index (Phi) is 4.75. The first-order valence-electron chi connectivity index (χ1n) is 5.59. The lowest BCUT2D eigenvalue weighted by molar-refractivity contribution is -0.147. The van der Waals surface area contributed by atoms with Gasteiger partial charge in [-0.2, -0.15) is 0 Å². The number of carbonyl (C=O) groups is 2. The van der Waals surface area contributed by atoms with Crippen LogP contribution in [0.25, 0.3) is 0 Å². The number of aromatic nitrogens is 1. The summed E-state index contributed by atoms with van der Waals surface area (Å²) < 4.78 is 6.67. The molecule has 1 aromatic rings. The second-order valence-corrected chi connectivity index (χ2v) is 4.05. The molecule has 1 heterocycles. The molecule has 0 unspecified atom stereocenters. The fourth-order valence-electron chi connectivity index (χ4n) is 1.39. The van der Waals surface area contributed by atoms with Crippen molar-refractivity contribution in [3.05, 3.63) is 24.0 Å². The molecule has 0 saturated heterocycles. The van der Waals surface area contributed by atoms with Crippen molar-refractivity contribution < 1.29 is 14.3 Å². The van der Waals surface area contributed by atoms with Gasteiger partial charge in [-0.25, -0.2) is 0 Å². The third-order valence-corrected chi connectivity index (χ3v) is 2.16. The highest BCUT2D eigenvalue weighted by Gasteiger charge is 2.10. The Morgan fingerprint density at radius 2 is 2.18 bits per heavy atom. The topological polar surface area (TPSA) is 60.3 Å². The molecule has 1 aromatic heterocycles. The zero-order valence-electron chi connectivity index (χ0n) is 10.4. The van der Waals surface area contributed by atoms with Crippen molar-refractivity contribution in [2.45, 2.75) is 26.4 Å². The monoisotopic (exact) mass is 238 g/mol. The number of rotatable bonds is 5. The number of ether oxygens (including phenoxy) is 1. The number of esters is 1. The Hall–Kier alpha value is -1.78. The van der Waals surface area contributed by atoms with Gasteiger partial charge >= 0.3 is 5.97 Å². The van der Waals surface area contributed by atoms with Crippen LogP contribution < -0.4 is 5.32 Å². The molecule has 0 aliphatic heterocycles. The molecule has 0 bridgehead atoms. The maximum Gasteiger partial charge on any atom is 0.307 e. The lowest BCUT2D eigenvalue weighted by Gasteiger charge is -2.08. The highest BCUT2D eigenvalue weighted by Crippen LogP contribution is 1.99. The second-order valence-electron chi connectivity index (χ2n) is 4.05. The lowest BCUT2D eigenvalue weighted by Crippen LogP contribution is -2.28. The van der Waals surface area contributed by atoms with E-state index in [1.54, 1.807) is 43.8 Å². The van der Waals surface area contributed by atoms with Crippen LogP contribution in [-0.2, 0) is 16.6 Å². The third-order valence-electron chi connectivity index (χ3n) is 2.16. The van der Waals surface area contributed by atoms with Crippen molar-refractivity contribution in [1.29, 1.82) is 0 Å². The summed E-state index contributed by atoms with van der Waals surface area (Å²) in [7, 11) is 1.79. The Bertz CT molecular complexity index is 396. The summed E-state index contributed by atoms with van der Waals surface area (Å²) in [6.07, 6.45) is 1.86. The first-order chi connectivity index (χ1) is 8.00. The quantitative estimate of drug-likeness (QED) is 0.781. The third kappa shape index (κ3) is 4.30. The van der Waals surface area contributed by atoms with Crippen LogP contribution in [0.4, 0.5) is 0 Å². The van der Waals surface area contributed by atoms with Crippen molar-refractivity contribution in [2.24, 2.45) is 7.05 Å². The first kappa shape index (κ1) is 13.3. The molecule has 94 valence electrons. The highest BCUT2D eigenvalue weighted by atomic mass is 16.5. The minimum atomic E-state index is -0.299. The van der Waals surface area contributed by atoms with Gasteiger partial charge in [-0.05, 0) is 26.0 Å². The normalized spacial score (nSPS) is 10.4. The number of nitrogens with one attached hydrogen (secondary N) is 1. The molecule has 1 N–H and O–H groups in total. The van der Waals surface area contributed by atoms with Crippen LogP contribution in [-0.4, -0.2) is 29.1 Å². The average molecular weight is 238 g/mol. The van der Waals surface area contributed by atoms with E-state index in [2.05, 4.69) is 5.32 Å². The molecule has 0 spiro atoms. The summed E-state index contributed by atoms with van der Waals surface area (Å²) >= 11 is 0. The molecule has 0 aliphatic carbocycles. The van der Waals surface area contributed by atoms with E-state index in [1.165, 1.54) is 0 Å². The van der Waals surface area contributed by atoms with E-state index < -0.39 is 0 Å². The van der Waals surface area contributed by atoms with E-state index in [4.69, 9.17) is 4.74 Å². The molecule has 0 saturated carbocycles. The van der Waals surface area contributed by atoms with E-state index in [1.807, 2.05) is 0 Å². The predicted molar refractivity (Wildman–Crippen MR) is 63.6 cm³/mol. The summed E-state index contributed by atoms with van der Waals surface area (Å²) in [6, 6.07) is 3.52. The van der Waals surface area contributed by atoms with Gasteiger partial charge in [-0.1, -0.05) is 0 Å². The van der Waals surface area contributed by atoms with E-state index >= 15 is 0 Å². The average Bonchev–Trinajstić information content (AvgIpc) is 2.63. The molecule has 1 rings (SSSR count). The summed E-state index contributed by atoms with van der Waals surface area (Å²) in [4.78, 5) is 22.9. The first-order valence-corrected chi connectivity index (χ1v) is 5.59. The Morgan fingerprint density at radius 3 is 2.71 bits per heavy atom. The van der Waals surface area contributed by atoms with Crippen molar-refractivity contribution >= 4 is 11.9 Å². The molecular formula is C12H18N2O3. The van der Waals surface area contributed by atoms with Crippen molar-refractivity contribution in [3.8, 4) is 0 Å². The Labute approximate surface area is 101 Å². The second kappa shape index (κ2) is 6.08. The summed E-state index contributed by atoms with van der Waals surface area (Å²) in [6.45, 7) is 3.87. The predicted octanol–water partition coefficient (Wildman–Crippen LogP) is 1.10. The molecule has 5 nitrogen and oxygen atoms in total. The molecular weight excluding hydrogens is 220 g/mol. The van der Waals surface area contributed by atoms with Gasteiger partial charge in [0.1, 0.15) is 5.69 Å². The molecule has 0 aliphatic rings. The highest BCUT2D eigenvalue weighted by molar-refractivity contribution is 5.92. The van der Waals surface area contributed by atoms with Crippen LogP contribution in [0.3, 0.4) is 0 Å². The standard InChI is InChI=1S/C12H18N2O3/c1-9(2)17-11(15)6-7-13-12(16)10-5-4-8-14(10)3/h4-5,8-9H,6-7H2,1-3H3,(H,13,16). The number of amides is 1. The van der Waals surface area contributed by atoms with Gasteiger partial charge in [0.05, 0.1) is 12.5 Å². The van der Waals surface area contributed by atoms with Crippen molar-refractivity contribution in [1.82, 2.24) is 9.88 Å². The van der Waals surface area contributed by atoms with E-state index in [-0.39, 0.29) is 30.9 Å². The molecule has 17 heavy (non-hydrogen) atoms. The fraction of sp³-hybridized carbons (Fsp3) is 0.500. The minimum Gasteiger partial charge on any atom is -0.463 e. The Morgan fingerprint density at radius 1 is 1.47 bits per heavy atom. The largest absolute Gasteiger partial charge is 0.463 e. The van der Waals surface area contributed by atoms with Gasteiger partial charge < -0.3 is 14.6 Å². The summed E-state index contributed by atoms with van der Waals surface area (Å²) in [5.74, 6) is -0.484. The molecule has 0 radical (unpaired) electrons. The lowest BCUT2D eigenvalue weighted by atomic mass is 10.3. The van der Waals surface area contributed by atoms with Gasteiger partial charge in [0.15, 0.2) is 0 Å². The van der Waals surface area contributed by atoms with Crippen molar-refractivity contribution in [3.63, 3.8) is 0 Å². The number of nitrogens with zero attached hydrogens (tertiary/aromatic N) is 1. The van der Waals surface area contributed by atoms with Crippen LogP contribution in [0.15, 0.2) is 18.3 Å². The Balaban J connectivity index is 2.30. The van der Waals surface area contributed by atoms with Crippen LogP contribution >= 0.6 is 0 Å². The minimum absolute atomic E-state index is 0.119. The maximum atomic E-state index is 11.6. The zero-order chi connectivity index (χ0) is 12.8. The maximum absolute atomic E-state index is 11.6. The van der Waals surface area contributed by atoms with Gasteiger partial charge in [0.25, 0.3) is 5.91 Å². The van der Waals surface area contributed by atoms with Crippen LogP contribution in [0, 0.1) is 0 Å².